The average Bonchev–Trinajstić information content (AvgIpc) is 2.74. The molecule has 2 aromatic carbocycles. The lowest BCUT2D eigenvalue weighted by Gasteiger charge is -2.34. The molecule has 1 N–H and O–H groups in total. The average molecular weight is 378 g/mol. The number of H-pyrrole nitrogens is 1. The fraction of sp³-hybridized carbons (Fsp3) is 0.286. The second-order valence-electron chi connectivity index (χ2n) is 6.77. The van der Waals surface area contributed by atoms with Crippen molar-refractivity contribution in [1.82, 2.24) is 20.0 Å². The summed E-state index contributed by atoms with van der Waals surface area (Å²) >= 11 is 0. The molecule has 7 nitrogen and oxygen atoms in total. The molecule has 0 saturated carbocycles. The SMILES string of the molecule is O=C(c1ccc(=O)[nH]n1)N1CCN(CCOc2cccc3ccccc23)CC1. The molecule has 1 amide bonds. The van der Waals surface area contributed by atoms with Crippen LogP contribution in [0.2, 0.25) is 0 Å². The lowest BCUT2D eigenvalue weighted by molar-refractivity contribution is 0.0613. The number of carbonyl (C=O) groups is 1. The van der Waals surface area contributed by atoms with E-state index in [0.29, 0.717) is 19.7 Å². The summed E-state index contributed by atoms with van der Waals surface area (Å²) in [5, 5.41) is 8.41. The van der Waals surface area contributed by atoms with Crippen molar-refractivity contribution in [1.29, 1.82) is 0 Å². The summed E-state index contributed by atoms with van der Waals surface area (Å²) in [5.74, 6) is 0.749. The van der Waals surface area contributed by atoms with Gasteiger partial charge in [-0.1, -0.05) is 36.4 Å². The number of fused-ring (bicyclic) bond motifs is 1. The van der Waals surface area contributed by atoms with Crippen molar-refractivity contribution in [2.24, 2.45) is 0 Å². The third-order valence-electron chi connectivity index (χ3n) is 4.97. The molecule has 0 radical (unpaired) electrons. The van der Waals surface area contributed by atoms with E-state index in [1.165, 1.54) is 17.5 Å². The number of benzene rings is 2. The molecule has 1 aliphatic heterocycles. The molecule has 1 fully saturated rings. The first kappa shape index (κ1) is 18.2. The Labute approximate surface area is 162 Å². The molecule has 1 aromatic heterocycles. The van der Waals surface area contributed by atoms with Gasteiger partial charge in [-0.25, -0.2) is 5.10 Å². The van der Waals surface area contributed by atoms with Crippen LogP contribution in [-0.2, 0) is 0 Å². The second kappa shape index (κ2) is 8.22. The molecule has 28 heavy (non-hydrogen) atoms. The summed E-state index contributed by atoms with van der Waals surface area (Å²) in [5.41, 5.74) is -0.0418. The predicted molar refractivity (Wildman–Crippen MR) is 107 cm³/mol. The molecule has 0 aliphatic carbocycles. The van der Waals surface area contributed by atoms with Crippen LogP contribution in [-0.4, -0.2) is 65.2 Å². The number of piperazine rings is 1. The summed E-state index contributed by atoms with van der Waals surface area (Å²) in [6, 6.07) is 17.1. The monoisotopic (exact) mass is 378 g/mol. The molecule has 144 valence electrons. The van der Waals surface area contributed by atoms with Crippen LogP contribution < -0.4 is 10.3 Å². The van der Waals surface area contributed by atoms with Crippen LogP contribution in [0.5, 0.6) is 5.75 Å². The molecular weight excluding hydrogens is 356 g/mol. The minimum Gasteiger partial charge on any atom is -0.492 e. The Kier molecular flexibility index (Phi) is 5.34. The number of ether oxygens (including phenoxy) is 1. The van der Waals surface area contributed by atoms with Crippen molar-refractivity contribution < 1.29 is 9.53 Å². The molecule has 2 heterocycles. The van der Waals surface area contributed by atoms with Gasteiger partial charge in [0.15, 0.2) is 0 Å². The van der Waals surface area contributed by atoms with Gasteiger partial charge < -0.3 is 9.64 Å². The summed E-state index contributed by atoms with van der Waals surface area (Å²) < 4.78 is 6.01. The third-order valence-corrected chi connectivity index (χ3v) is 4.97. The van der Waals surface area contributed by atoms with Crippen LogP contribution >= 0.6 is 0 Å². The summed E-state index contributed by atoms with van der Waals surface area (Å²) in [6.07, 6.45) is 0. The fourth-order valence-corrected chi connectivity index (χ4v) is 3.41. The Morgan fingerprint density at radius 2 is 1.79 bits per heavy atom. The molecule has 0 atom stereocenters. The van der Waals surface area contributed by atoms with Crippen molar-refractivity contribution in [3.63, 3.8) is 0 Å². The van der Waals surface area contributed by atoms with Gasteiger partial charge in [0.2, 0.25) is 0 Å². The first-order valence-electron chi connectivity index (χ1n) is 9.39. The molecule has 1 saturated heterocycles. The van der Waals surface area contributed by atoms with Gasteiger partial charge in [0.05, 0.1) is 0 Å². The van der Waals surface area contributed by atoms with Gasteiger partial charge >= 0.3 is 0 Å². The maximum absolute atomic E-state index is 12.4. The number of aromatic nitrogens is 2. The van der Waals surface area contributed by atoms with E-state index < -0.39 is 0 Å². The van der Waals surface area contributed by atoms with Gasteiger partial charge in [-0.05, 0) is 17.5 Å². The number of nitrogens with zero attached hydrogens (tertiary/aromatic N) is 3. The minimum absolute atomic E-state index is 0.150. The smallest absolute Gasteiger partial charge is 0.274 e. The zero-order valence-electron chi connectivity index (χ0n) is 15.5. The Balaban J connectivity index is 1.27. The van der Waals surface area contributed by atoms with Gasteiger partial charge in [-0.2, -0.15) is 5.10 Å². The van der Waals surface area contributed by atoms with E-state index in [-0.39, 0.29) is 17.2 Å². The molecule has 0 unspecified atom stereocenters. The normalized spacial score (nSPS) is 14.9. The van der Waals surface area contributed by atoms with Gasteiger partial charge in [-0.3, -0.25) is 14.5 Å². The maximum Gasteiger partial charge on any atom is 0.274 e. The number of rotatable bonds is 5. The van der Waals surface area contributed by atoms with Crippen LogP contribution in [0.15, 0.2) is 59.4 Å². The minimum atomic E-state index is -0.312. The van der Waals surface area contributed by atoms with E-state index in [1.807, 2.05) is 24.3 Å². The Bertz CT molecular complexity index is 1000. The van der Waals surface area contributed by atoms with Crippen molar-refractivity contribution in [2.45, 2.75) is 0 Å². The Morgan fingerprint density at radius 1 is 1.00 bits per heavy atom. The third kappa shape index (κ3) is 4.04. The van der Waals surface area contributed by atoms with Gasteiger partial charge in [0.25, 0.3) is 11.5 Å². The van der Waals surface area contributed by atoms with E-state index in [2.05, 4.69) is 33.3 Å². The highest BCUT2D eigenvalue weighted by atomic mass is 16.5. The highest BCUT2D eigenvalue weighted by Crippen LogP contribution is 2.25. The number of hydrogen-bond acceptors (Lipinski definition) is 5. The standard InChI is InChI=1S/C21H22N4O3/c26-20-9-8-18(22-23-20)21(27)25-12-10-24(11-13-25)14-15-28-19-7-3-5-16-4-1-2-6-17(16)19/h1-9H,10-15H2,(H,23,26). The van der Waals surface area contributed by atoms with Crippen molar-refractivity contribution in [3.8, 4) is 5.75 Å². The molecule has 0 spiro atoms. The Morgan fingerprint density at radius 3 is 2.57 bits per heavy atom. The zero-order chi connectivity index (χ0) is 19.3. The van der Waals surface area contributed by atoms with Crippen LogP contribution in [0, 0.1) is 0 Å². The quantitative estimate of drug-likeness (QED) is 0.732. The lowest BCUT2D eigenvalue weighted by Crippen LogP contribution is -2.49. The van der Waals surface area contributed by atoms with Crippen molar-refractivity contribution >= 4 is 16.7 Å². The summed E-state index contributed by atoms with van der Waals surface area (Å²) in [7, 11) is 0. The van der Waals surface area contributed by atoms with Gasteiger partial charge in [-0.15, -0.1) is 0 Å². The number of aromatic amines is 1. The van der Waals surface area contributed by atoms with Crippen molar-refractivity contribution in [2.75, 3.05) is 39.3 Å². The van der Waals surface area contributed by atoms with Crippen LogP contribution in [0.3, 0.4) is 0 Å². The predicted octanol–water partition coefficient (Wildman–Crippen LogP) is 1.76. The number of hydrogen-bond donors (Lipinski definition) is 1. The zero-order valence-corrected chi connectivity index (χ0v) is 15.5. The molecule has 4 rings (SSSR count). The highest BCUT2D eigenvalue weighted by molar-refractivity contribution is 5.92. The highest BCUT2D eigenvalue weighted by Gasteiger charge is 2.23. The van der Waals surface area contributed by atoms with E-state index >= 15 is 0 Å². The lowest BCUT2D eigenvalue weighted by atomic mass is 10.1. The Hall–Kier alpha value is -3.19. The molecule has 1 aliphatic rings. The van der Waals surface area contributed by atoms with Crippen molar-refractivity contribution in [3.05, 3.63) is 70.6 Å². The summed E-state index contributed by atoms with van der Waals surface area (Å²) in [4.78, 5) is 27.6. The van der Waals surface area contributed by atoms with Crippen LogP contribution in [0.4, 0.5) is 0 Å². The number of nitrogens with one attached hydrogen (secondary N) is 1. The molecule has 0 bridgehead atoms. The van der Waals surface area contributed by atoms with Gasteiger partial charge in [0, 0.05) is 44.2 Å². The maximum atomic E-state index is 12.4. The topological polar surface area (TPSA) is 78.5 Å². The van der Waals surface area contributed by atoms with Crippen LogP contribution in [0.25, 0.3) is 10.8 Å². The summed E-state index contributed by atoms with van der Waals surface area (Å²) in [6.45, 7) is 4.25. The first-order valence-corrected chi connectivity index (χ1v) is 9.39. The molecule has 7 heteroatoms. The number of amides is 1. The van der Waals surface area contributed by atoms with E-state index in [4.69, 9.17) is 4.74 Å². The van der Waals surface area contributed by atoms with E-state index in [1.54, 1.807) is 4.90 Å². The first-order chi connectivity index (χ1) is 13.7. The second-order valence-corrected chi connectivity index (χ2v) is 6.77. The van der Waals surface area contributed by atoms with E-state index in [9.17, 15) is 9.59 Å². The number of carbonyl (C=O) groups excluding carboxylic acids is 1. The molecular formula is C21H22N4O3. The molecule has 3 aromatic rings. The fourth-order valence-electron chi connectivity index (χ4n) is 3.41. The largest absolute Gasteiger partial charge is 0.492 e. The van der Waals surface area contributed by atoms with Crippen LogP contribution in [0.1, 0.15) is 10.5 Å². The van der Waals surface area contributed by atoms with E-state index in [0.717, 1.165) is 30.8 Å². The van der Waals surface area contributed by atoms with Gasteiger partial charge in [0.1, 0.15) is 18.1 Å².